The minimum absolute atomic E-state index is 0.247. The topological polar surface area (TPSA) is 68.5 Å². The summed E-state index contributed by atoms with van der Waals surface area (Å²) in [6.45, 7) is 0. The average molecular weight is 256 g/mol. The summed E-state index contributed by atoms with van der Waals surface area (Å²) in [7, 11) is 0. The van der Waals surface area contributed by atoms with Crippen LogP contribution in [-0.2, 0) is 0 Å². The number of aromatic nitrogens is 2. The molecule has 0 fully saturated rings. The molecule has 1 atom stereocenters. The minimum Gasteiger partial charge on any atom is -0.465 e. The first-order chi connectivity index (χ1) is 9.43. The molecule has 0 radical (unpaired) electrons. The largest absolute Gasteiger partial charge is 0.465 e. The lowest BCUT2D eigenvalue weighted by molar-refractivity contribution is 0.380. The normalized spacial score (nSPS) is 12.8. The van der Waals surface area contributed by atoms with Crippen LogP contribution in [0, 0.1) is 0 Å². The molecule has 0 aliphatic carbocycles. The van der Waals surface area contributed by atoms with Crippen molar-refractivity contribution in [1.29, 1.82) is 0 Å². The number of furan rings is 2. The average Bonchev–Trinajstić information content (AvgIpc) is 3.15. The first-order valence-corrected chi connectivity index (χ1v) is 5.76. The predicted molar refractivity (Wildman–Crippen MR) is 68.5 cm³/mol. The molecule has 0 aromatic carbocycles. The highest BCUT2D eigenvalue weighted by atomic mass is 16.3. The lowest BCUT2D eigenvalue weighted by atomic mass is 10.3. The van der Waals surface area contributed by atoms with E-state index in [2.05, 4.69) is 15.5 Å². The van der Waals surface area contributed by atoms with Gasteiger partial charge in [-0.05, 0) is 24.3 Å². The van der Waals surface area contributed by atoms with Crippen LogP contribution in [0.2, 0.25) is 0 Å². The summed E-state index contributed by atoms with van der Waals surface area (Å²) >= 11 is 0. The molecule has 1 unspecified atom stereocenters. The second kappa shape index (κ2) is 5.26. The Morgan fingerprint density at radius 2 is 2.16 bits per heavy atom. The summed E-state index contributed by atoms with van der Waals surface area (Å²) in [5.74, 6) is 1.42. The van der Waals surface area contributed by atoms with Crippen molar-refractivity contribution < 1.29 is 8.83 Å². The zero-order valence-electron chi connectivity index (χ0n) is 10.0. The lowest BCUT2D eigenvalue weighted by Crippen LogP contribution is -2.22. The van der Waals surface area contributed by atoms with Gasteiger partial charge in [-0.2, -0.15) is 5.10 Å². The molecule has 3 aromatic heterocycles. The van der Waals surface area contributed by atoms with Crippen molar-refractivity contribution in [1.82, 2.24) is 15.0 Å². The molecule has 0 aliphatic heterocycles. The fraction of sp³-hybridized carbons (Fsp3) is 0.0769. The molecule has 3 heterocycles. The van der Waals surface area contributed by atoms with E-state index in [4.69, 9.17) is 8.83 Å². The van der Waals surface area contributed by atoms with Gasteiger partial charge in [0, 0.05) is 12.4 Å². The first kappa shape index (κ1) is 11.3. The van der Waals surface area contributed by atoms with Crippen LogP contribution < -0.4 is 5.43 Å². The molecule has 6 heteroatoms. The molecule has 0 spiro atoms. The van der Waals surface area contributed by atoms with E-state index in [0.29, 0.717) is 5.76 Å². The molecule has 0 saturated heterocycles. The van der Waals surface area contributed by atoms with Crippen LogP contribution >= 0.6 is 0 Å². The predicted octanol–water partition coefficient (Wildman–Crippen LogP) is 2.24. The van der Waals surface area contributed by atoms with E-state index in [1.54, 1.807) is 37.3 Å². The monoisotopic (exact) mass is 256 g/mol. The van der Waals surface area contributed by atoms with Crippen molar-refractivity contribution >= 4 is 6.21 Å². The quantitative estimate of drug-likeness (QED) is 0.561. The van der Waals surface area contributed by atoms with Crippen molar-refractivity contribution in [3.8, 4) is 0 Å². The number of rotatable bonds is 5. The van der Waals surface area contributed by atoms with Gasteiger partial charge in [-0.1, -0.05) is 0 Å². The van der Waals surface area contributed by atoms with Crippen LogP contribution in [0.25, 0.3) is 0 Å². The van der Waals surface area contributed by atoms with Crippen LogP contribution in [0.15, 0.2) is 69.4 Å². The Morgan fingerprint density at radius 1 is 1.26 bits per heavy atom. The summed E-state index contributed by atoms with van der Waals surface area (Å²) in [6, 6.07) is 7.34. The third kappa shape index (κ3) is 2.57. The van der Waals surface area contributed by atoms with Crippen molar-refractivity contribution in [2.75, 3.05) is 0 Å². The minimum atomic E-state index is -0.247. The number of imidazole rings is 1. The molecular formula is C13H12N4O2. The molecule has 0 aliphatic rings. The maximum absolute atomic E-state index is 5.40. The molecule has 3 rings (SSSR count). The van der Waals surface area contributed by atoms with E-state index in [-0.39, 0.29) is 6.17 Å². The third-order valence-electron chi connectivity index (χ3n) is 2.57. The SMILES string of the molecule is C(=NNC(c1ccco1)n1ccnc1)c1ccco1. The first-order valence-electron chi connectivity index (χ1n) is 5.76. The Bertz CT molecular complexity index is 577. The number of nitrogens with zero attached hydrogens (tertiary/aromatic N) is 3. The van der Waals surface area contributed by atoms with Crippen LogP contribution in [0.5, 0.6) is 0 Å². The van der Waals surface area contributed by atoms with Gasteiger partial charge in [-0.15, -0.1) is 0 Å². The summed E-state index contributed by atoms with van der Waals surface area (Å²) in [5, 5.41) is 4.15. The molecule has 6 nitrogen and oxygen atoms in total. The van der Waals surface area contributed by atoms with Crippen molar-refractivity contribution in [2.24, 2.45) is 5.10 Å². The molecule has 0 bridgehead atoms. The van der Waals surface area contributed by atoms with Gasteiger partial charge in [0.05, 0.1) is 25.1 Å². The fourth-order valence-corrected chi connectivity index (χ4v) is 1.68. The molecule has 19 heavy (non-hydrogen) atoms. The number of hydrazone groups is 1. The second-order valence-electron chi connectivity index (χ2n) is 3.83. The van der Waals surface area contributed by atoms with Crippen LogP contribution in [0.1, 0.15) is 17.7 Å². The van der Waals surface area contributed by atoms with Crippen LogP contribution in [-0.4, -0.2) is 15.8 Å². The highest BCUT2D eigenvalue weighted by Crippen LogP contribution is 2.15. The van der Waals surface area contributed by atoms with Crippen LogP contribution in [0.3, 0.4) is 0 Å². The summed E-state index contributed by atoms with van der Waals surface area (Å²) in [4.78, 5) is 4.02. The Labute approximate surface area is 109 Å². The zero-order chi connectivity index (χ0) is 12.9. The van der Waals surface area contributed by atoms with E-state index in [1.165, 1.54) is 0 Å². The number of hydrogen-bond donors (Lipinski definition) is 1. The Hall–Kier alpha value is -2.76. The van der Waals surface area contributed by atoms with Gasteiger partial charge in [-0.3, -0.25) is 5.43 Å². The fourth-order valence-electron chi connectivity index (χ4n) is 1.68. The summed E-state index contributed by atoms with van der Waals surface area (Å²) in [5.41, 5.74) is 3.00. The Balaban J connectivity index is 1.77. The highest BCUT2D eigenvalue weighted by Gasteiger charge is 2.14. The van der Waals surface area contributed by atoms with Crippen LogP contribution in [0.4, 0.5) is 0 Å². The van der Waals surface area contributed by atoms with Gasteiger partial charge in [0.15, 0.2) is 6.17 Å². The van der Waals surface area contributed by atoms with Gasteiger partial charge < -0.3 is 13.4 Å². The van der Waals surface area contributed by atoms with Crippen molar-refractivity contribution in [3.05, 3.63) is 67.0 Å². The van der Waals surface area contributed by atoms with E-state index in [1.807, 2.05) is 29.0 Å². The van der Waals surface area contributed by atoms with E-state index in [0.717, 1.165) is 5.76 Å². The van der Waals surface area contributed by atoms with Gasteiger partial charge in [-0.25, -0.2) is 4.98 Å². The van der Waals surface area contributed by atoms with E-state index < -0.39 is 0 Å². The number of hydrogen-bond acceptors (Lipinski definition) is 5. The molecule has 0 saturated carbocycles. The molecule has 96 valence electrons. The van der Waals surface area contributed by atoms with Gasteiger partial charge in [0.1, 0.15) is 11.5 Å². The number of nitrogens with one attached hydrogen (secondary N) is 1. The second-order valence-corrected chi connectivity index (χ2v) is 3.83. The van der Waals surface area contributed by atoms with Crippen molar-refractivity contribution in [3.63, 3.8) is 0 Å². The van der Waals surface area contributed by atoms with Gasteiger partial charge in [0.25, 0.3) is 0 Å². The highest BCUT2D eigenvalue weighted by molar-refractivity contribution is 5.75. The third-order valence-corrected chi connectivity index (χ3v) is 2.57. The Morgan fingerprint density at radius 3 is 2.84 bits per heavy atom. The molecule has 3 aromatic rings. The standard InChI is InChI=1S/C13H12N4O2/c1-3-11(18-7-1)9-15-16-13(12-4-2-8-19-12)17-6-5-14-10-17/h1-10,13,16H. The Kier molecular flexibility index (Phi) is 3.14. The molecule has 1 N–H and O–H groups in total. The maximum atomic E-state index is 5.40. The summed E-state index contributed by atoms with van der Waals surface area (Å²) in [6.07, 6.45) is 9.81. The van der Waals surface area contributed by atoms with Gasteiger partial charge in [0.2, 0.25) is 0 Å². The summed E-state index contributed by atoms with van der Waals surface area (Å²) < 4.78 is 12.4. The van der Waals surface area contributed by atoms with Crippen molar-refractivity contribution in [2.45, 2.75) is 6.17 Å². The smallest absolute Gasteiger partial charge is 0.178 e. The maximum Gasteiger partial charge on any atom is 0.178 e. The lowest BCUT2D eigenvalue weighted by Gasteiger charge is -2.15. The van der Waals surface area contributed by atoms with Gasteiger partial charge >= 0.3 is 0 Å². The molecule has 0 amide bonds. The zero-order valence-corrected chi connectivity index (χ0v) is 10.0. The van der Waals surface area contributed by atoms with E-state index in [9.17, 15) is 0 Å². The molecular weight excluding hydrogens is 244 g/mol. The van der Waals surface area contributed by atoms with E-state index >= 15 is 0 Å².